The highest BCUT2D eigenvalue weighted by Crippen LogP contribution is 2.43. The van der Waals surface area contributed by atoms with E-state index in [1.165, 1.54) is 0 Å². The Morgan fingerprint density at radius 1 is 1.21 bits per heavy atom. The molecule has 4 rings (SSSR count). The number of hydrogen-bond acceptors (Lipinski definition) is 4. The van der Waals surface area contributed by atoms with Crippen LogP contribution >= 0.6 is 0 Å². The predicted octanol–water partition coefficient (Wildman–Crippen LogP) is 3.13. The molecule has 0 bridgehead atoms. The van der Waals surface area contributed by atoms with Crippen molar-refractivity contribution in [3.63, 3.8) is 0 Å². The van der Waals surface area contributed by atoms with Gasteiger partial charge in [-0.1, -0.05) is 20.8 Å². The van der Waals surface area contributed by atoms with Gasteiger partial charge in [-0.2, -0.15) is 0 Å². The van der Waals surface area contributed by atoms with Gasteiger partial charge in [-0.25, -0.2) is 9.78 Å². The van der Waals surface area contributed by atoms with Gasteiger partial charge in [0.2, 0.25) is 5.91 Å². The zero-order chi connectivity index (χ0) is 20.1. The highest BCUT2D eigenvalue weighted by Gasteiger charge is 2.49. The second kappa shape index (κ2) is 6.75. The van der Waals surface area contributed by atoms with Crippen molar-refractivity contribution in [2.75, 3.05) is 31.1 Å². The Kier molecular flexibility index (Phi) is 4.63. The van der Waals surface area contributed by atoms with Gasteiger partial charge in [-0.15, -0.1) is 0 Å². The highest BCUT2D eigenvalue weighted by molar-refractivity contribution is 5.94. The molecule has 1 unspecified atom stereocenters. The maximum Gasteiger partial charge on any atom is 0.339 e. The summed E-state index contributed by atoms with van der Waals surface area (Å²) in [5, 5.41) is 9.74. The van der Waals surface area contributed by atoms with Crippen molar-refractivity contribution in [1.82, 2.24) is 9.88 Å². The van der Waals surface area contributed by atoms with Gasteiger partial charge < -0.3 is 14.9 Å². The first-order chi connectivity index (χ1) is 13.2. The van der Waals surface area contributed by atoms with Gasteiger partial charge in [0.1, 0.15) is 11.4 Å². The number of carboxylic acid groups (broad SMARTS) is 1. The number of rotatable bonds is 3. The van der Waals surface area contributed by atoms with Gasteiger partial charge >= 0.3 is 5.97 Å². The van der Waals surface area contributed by atoms with Crippen molar-refractivity contribution in [3.8, 4) is 0 Å². The maximum atomic E-state index is 13.4. The molecule has 3 aliphatic rings. The van der Waals surface area contributed by atoms with E-state index >= 15 is 0 Å². The summed E-state index contributed by atoms with van der Waals surface area (Å²) in [4.78, 5) is 34.1. The number of pyridine rings is 1. The van der Waals surface area contributed by atoms with Crippen LogP contribution in [-0.4, -0.2) is 53.0 Å². The number of nitrogens with zero attached hydrogens (tertiary/aromatic N) is 3. The summed E-state index contributed by atoms with van der Waals surface area (Å²) in [6, 6.07) is 1.81. The molecule has 1 aromatic rings. The second-order valence-electron chi connectivity index (χ2n) is 9.97. The molecule has 3 heterocycles. The van der Waals surface area contributed by atoms with Crippen LogP contribution < -0.4 is 4.90 Å². The molecule has 1 amide bonds. The van der Waals surface area contributed by atoms with Gasteiger partial charge in [-0.3, -0.25) is 4.79 Å². The summed E-state index contributed by atoms with van der Waals surface area (Å²) < 4.78 is 0. The Morgan fingerprint density at radius 3 is 2.71 bits per heavy atom. The Labute approximate surface area is 166 Å². The van der Waals surface area contributed by atoms with Crippen molar-refractivity contribution in [1.29, 1.82) is 0 Å². The maximum absolute atomic E-state index is 13.4. The molecule has 1 atom stereocenters. The van der Waals surface area contributed by atoms with E-state index < -0.39 is 5.97 Å². The molecule has 1 aromatic heterocycles. The lowest BCUT2D eigenvalue weighted by Gasteiger charge is -2.41. The fraction of sp³-hybridized carbons (Fsp3) is 0.682. The summed E-state index contributed by atoms with van der Waals surface area (Å²) in [7, 11) is 0. The summed E-state index contributed by atoms with van der Waals surface area (Å²) in [6.07, 6.45) is 5.54. The van der Waals surface area contributed by atoms with Crippen molar-refractivity contribution < 1.29 is 14.7 Å². The van der Waals surface area contributed by atoms with Crippen LogP contribution in [0.1, 0.15) is 68.1 Å². The summed E-state index contributed by atoms with van der Waals surface area (Å²) in [5.41, 5.74) is 2.07. The molecule has 6 heteroatoms. The molecule has 152 valence electrons. The number of aromatic carboxylic acids is 1. The number of anilines is 1. The van der Waals surface area contributed by atoms with Crippen molar-refractivity contribution in [3.05, 3.63) is 22.9 Å². The minimum atomic E-state index is -0.928. The zero-order valence-electron chi connectivity index (χ0n) is 17.3. The lowest BCUT2D eigenvalue weighted by atomic mass is 9.77. The predicted molar refractivity (Wildman–Crippen MR) is 108 cm³/mol. The minimum Gasteiger partial charge on any atom is -0.478 e. The molecule has 1 spiro atoms. The van der Waals surface area contributed by atoms with E-state index in [-0.39, 0.29) is 22.3 Å². The van der Waals surface area contributed by atoms with Gasteiger partial charge in [0.15, 0.2) is 0 Å². The number of amides is 1. The molecular formula is C22H31N3O3. The molecule has 1 N–H and O–H groups in total. The number of fused-ring (bicyclic) bond motifs is 1. The van der Waals surface area contributed by atoms with Crippen LogP contribution in [0.25, 0.3) is 0 Å². The van der Waals surface area contributed by atoms with Crippen LogP contribution in [0.3, 0.4) is 0 Å². The van der Waals surface area contributed by atoms with E-state index in [0.717, 1.165) is 62.9 Å². The van der Waals surface area contributed by atoms with E-state index in [1.807, 2.05) is 11.0 Å². The molecule has 0 aromatic carbocycles. The minimum absolute atomic E-state index is 0.0739. The van der Waals surface area contributed by atoms with Gasteiger partial charge in [0.25, 0.3) is 0 Å². The van der Waals surface area contributed by atoms with Crippen molar-refractivity contribution >= 4 is 17.7 Å². The van der Waals surface area contributed by atoms with Gasteiger partial charge in [-0.05, 0) is 55.6 Å². The van der Waals surface area contributed by atoms with Gasteiger partial charge in [0.05, 0.1) is 5.41 Å². The normalized spacial score (nSPS) is 24.9. The van der Waals surface area contributed by atoms with Gasteiger partial charge in [0, 0.05) is 31.9 Å². The molecule has 2 fully saturated rings. The average molecular weight is 386 g/mol. The molecule has 0 saturated carbocycles. The van der Waals surface area contributed by atoms with E-state index in [2.05, 4.69) is 25.7 Å². The highest BCUT2D eigenvalue weighted by atomic mass is 16.4. The zero-order valence-corrected chi connectivity index (χ0v) is 17.3. The number of hydrogen-bond donors (Lipinski definition) is 1. The van der Waals surface area contributed by atoms with Crippen molar-refractivity contribution in [2.24, 2.45) is 10.8 Å². The fourth-order valence-electron chi connectivity index (χ4n) is 5.17. The monoisotopic (exact) mass is 385 g/mol. The second-order valence-corrected chi connectivity index (χ2v) is 9.97. The first-order valence-electron chi connectivity index (χ1n) is 10.5. The lowest BCUT2D eigenvalue weighted by Crippen LogP contribution is -2.52. The summed E-state index contributed by atoms with van der Waals surface area (Å²) in [6.45, 7) is 9.36. The third-order valence-corrected chi connectivity index (χ3v) is 6.40. The number of carboxylic acids is 1. The van der Waals surface area contributed by atoms with Crippen LogP contribution in [0.2, 0.25) is 0 Å². The van der Waals surface area contributed by atoms with Crippen LogP contribution in [0.4, 0.5) is 5.82 Å². The fourth-order valence-corrected chi connectivity index (χ4v) is 5.17. The number of piperidine rings is 1. The summed E-state index contributed by atoms with van der Waals surface area (Å²) >= 11 is 0. The number of carbonyl (C=O) groups excluding carboxylic acids is 1. The van der Waals surface area contributed by atoms with Crippen LogP contribution in [-0.2, 0) is 17.6 Å². The standard InChI is InChI=1S/C22H31N3O3/c1-21(2,3)13-25-10-5-8-22(20(25)28)9-11-24(14-22)18-16(19(26)27)12-15-6-4-7-17(15)23-18/h12H,4-11,13-14H2,1-3H3,(H,26,27). The molecule has 2 aliphatic heterocycles. The molecule has 28 heavy (non-hydrogen) atoms. The van der Waals surface area contributed by atoms with Crippen LogP contribution in [0.15, 0.2) is 6.07 Å². The Balaban J connectivity index is 1.60. The average Bonchev–Trinajstić information content (AvgIpc) is 3.24. The van der Waals surface area contributed by atoms with E-state index in [1.54, 1.807) is 0 Å². The number of likely N-dealkylation sites (tertiary alicyclic amines) is 1. The Hall–Kier alpha value is -2.11. The van der Waals surface area contributed by atoms with E-state index in [0.29, 0.717) is 18.9 Å². The molecule has 0 radical (unpaired) electrons. The number of aryl methyl sites for hydroxylation is 2. The van der Waals surface area contributed by atoms with E-state index in [4.69, 9.17) is 4.98 Å². The number of aromatic nitrogens is 1. The Morgan fingerprint density at radius 2 is 2.00 bits per heavy atom. The first-order valence-corrected chi connectivity index (χ1v) is 10.5. The quantitative estimate of drug-likeness (QED) is 0.865. The smallest absolute Gasteiger partial charge is 0.339 e. The molecule has 6 nitrogen and oxygen atoms in total. The largest absolute Gasteiger partial charge is 0.478 e. The molecular weight excluding hydrogens is 354 g/mol. The molecule has 2 saturated heterocycles. The Bertz CT molecular complexity index is 814. The summed E-state index contributed by atoms with van der Waals surface area (Å²) in [5.74, 6) is -0.123. The third kappa shape index (κ3) is 3.38. The van der Waals surface area contributed by atoms with Crippen molar-refractivity contribution in [2.45, 2.75) is 59.3 Å². The third-order valence-electron chi connectivity index (χ3n) is 6.40. The first kappa shape index (κ1) is 19.2. The van der Waals surface area contributed by atoms with Crippen LogP contribution in [0.5, 0.6) is 0 Å². The van der Waals surface area contributed by atoms with Crippen LogP contribution in [0, 0.1) is 10.8 Å². The molecule has 1 aliphatic carbocycles. The topological polar surface area (TPSA) is 73.7 Å². The SMILES string of the molecule is CC(C)(C)CN1CCCC2(CCN(c3nc4c(cc3C(=O)O)CCC4)C2)C1=O. The van der Waals surface area contributed by atoms with E-state index in [9.17, 15) is 14.7 Å². The lowest BCUT2D eigenvalue weighted by molar-refractivity contribution is -0.146. The number of carbonyl (C=O) groups is 2.